The number of carbonyl (C=O) groups is 1. The molecule has 6 aromatic rings. The summed E-state index contributed by atoms with van der Waals surface area (Å²) in [4.78, 5) is 24.1. The number of rotatable bonds is 12. The van der Waals surface area contributed by atoms with E-state index in [9.17, 15) is 15.0 Å². The summed E-state index contributed by atoms with van der Waals surface area (Å²) in [5.41, 5.74) is 8.26. The van der Waals surface area contributed by atoms with E-state index in [-0.39, 0.29) is 42.4 Å². The quantitative estimate of drug-likeness (QED) is 0.119. The van der Waals surface area contributed by atoms with Crippen molar-refractivity contribution in [1.29, 1.82) is 0 Å². The molecule has 5 aromatic carbocycles. The van der Waals surface area contributed by atoms with Crippen molar-refractivity contribution in [2.24, 2.45) is 5.92 Å². The van der Waals surface area contributed by atoms with E-state index in [1.807, 2.05) is 129 Å². The molecule has 1 saturated heterocycles. The van der Waals surface area contributed by atoms with Gasteiger partial charge in [-0.2, -0.15) is 0 Å². The fraction of sp³-hybridized carbons (Fsp3) is 0.267. The Balaban J connectivity index is 1.09. The van der Waals surface area contributed by atoms with Crippen LogP contribution in [0.5, 0.6) is 0 Å². The number of para-hydroxylation sites is 2. The van der Waals surface area contributed by atoms with Crippen LogP contribution in [0.2, 0.25) is 0 Å². The molecule has 2 heterocycles. The molecule has 0 bridgehead atoms. The van der Waals surface area contributed by atoms with Crippen molar-refractivity contribution in [1.82, 2.24) is 20.2 Å². The van der Waals surface area contributed by atoms with Crippen LogP contribution in [0.4, 0.5) is 0 Å². The molecule has 0 aliphatic carbocycles. The summed E-state index contributed by atoms with van der Waals surface area (Å²) in [6.07, 6.45) is -0.258. The zero-order chi connectivity index (χ0) is 37.6. The Bertz CT molecular complexity index is 2160. The van der Waals surface area contributed by atoms with Gasteiger partial charge in [0.15, 0.2) is 6.29 Å². The number of fused-ring (bicyclic) bond motifs is 1. The zero-order valence-corrected chi connectivity index (χ0v) is 30.7. The first-order valence-corrected chi connectivity index (χ1v) is 18.4. The topological polar surface area (TPSA) is 117 Å². The first-order chi connectivity index (χ1) is 26.3. The molecular formula is C45H46N4O5. The Morgan fingerprint density at radius 2 is 1.50 bits per heavy atom. The predicted molar refractivity (Wildman–Crippen MR) is 209 cm³/mol. The van der Waals surface area contributed by atoms with Crippen molar-refractivity contribution >= 4 is 16.9 Å². The van der Waals surface area contributed by atoms with Crippen LogP contribution in [0, 0.1) is 5.92 Å². The van der Waals surface area contributed by atoms with Gasteiger partial charge < -0.3 is 25.0 Å². The molecule has 1 aliphatic heterocycles. The van der Waals surface area contributed by atoms with E-state index in [1.54, 1.807) is 0 Å². The maximum atomic E-state index is 13.1. The number of nitrogens with one attached hydrogen (secondary N) is 1. The molecule has 276 valence electrons. The van der Waals surface area contributed by atoms with Crippen molar-refractivity contribution < 1.29 is 24.5 Å². The van der Waals surface area contributed by atoms with E-state index in [1.165, 1.54) is 6.20 Å². The molecular weight excluding hydrogens is 677 g/mol. The van der Waals surface area contributed by atoms with E-state index in [4.69, 9.17) is 9.47 Å². The lowest BCUT2D eigenvalue weighted by molar-refractivity contribution is -0.276. The third-order valence-corrected chi connectivity index (χ3v) is 10.5. The molecule has 1 aliphatic rings. The highest BCUT2D eigenvalue weighted by atomic mass is 16.7. The van der Waals surface area contributed by atoms with Crippen LogP contribution in [-0.2, 0) is 22.6 Å². The molecule has 9 heteroatoms. The Morgan fingerprint density at radius 3 is 2.24 bits per heavy atom. The van der Waals surface area contributed by atoms with Crippen molar-refractivity contribution in [3.8, 4) is 11.1 Å². The van der Waals surface area contributed by atoms with Crippen LogP contribution in [0.3, 0.4) is 0 Å². The van der Waals surface area contributed by atoms with Gasteiger partial charge in [-0.1, -0.05) is 122 Å². The smallest absolute Gasteiger partial charge is 0.271 e. The molecule has 0 radical (unpaired) electrons. The highest BCUT2D eigenvalue weighted by Crippen LogP contribution is 2.42. The second-order valence-corrected chi connectivity index (χ2v) is 14.1. The summed E-state index contributed by atoms with van der Waals surface area (Å²) >= 11 is 0. The summed E-state index contributed by atoms with van der Waals surface area (Å²) in [6, 6.07) is 41.1. The van der Waals surface area contributed by atoms with Gasteiger partial charge in [0, 0.05) is 30.6 Å². The van der Waals surface area contributed by atoms with Crippen LogP contribution in [0.15, 0.2) is 134 Å². The molecule has 0 spiro atoms. The Kier molecular flexibility index (Phi) is 11.5. The average Bonchev–Trinajstić information content (AvgIpc) is 3.23. The second kappa shape index (κ2) is 16.8. The number of hydrogen-bond donors (Lipinski definition) is 3. The van der Waals surface area contributed by atoms with Crippen LogP contribution in [0.25, 0.3) is 22.2 Å². The summed E-state index contributed by atoms with van der Waals surface area (Å²) in [6.45, 7) is 5.05. The van der Waals surface area contributed by atoms with Gasteiger partial charge in [-0.15, -0.1) is 0 Å². The number of aliphatic hydroxyl groups is 2. The monoisotopic (exact) mass is 722 g/mol. The van der Waals surface area contributed by atoms with E-state index in [2.05, 4.69) is 39.2 Å². The normalized spacial score (nSPS) is 19.7. The molecule has 6 atom stereocenters. The minimum Gasteiger partial charge on any atom is -0.392 e. The van der Waals surface area contributed by atoms with E-state index < -0.39 is 12.4 Å². The van der Waals surface area contributed by atoms with Gasteiger partial charge in [0.05, 0.1) is 42.1 Å². The van der Waals surface area contributed by atoms with E-state index in [0.29, 0.717) is 18.6 Å². The number of ether oxygens (including phenoxy) is 2. The number of aliphatic hydroxyl groups excluding tert-OH is 2. The molecule has 1 amide bonds. The highest BCUT2D eigenvalue weighted by Gasteiger charge is 2.39. The van der Waals surface area contributed by atoms with E-state index >= 15 is 0 Å². The first-order valence-electron chi connectivity index (χ1n) is 18.4. The highest BCUT2D eigenvalue weighted by molar-refractivity contribution is 5.93. The molecule has 1 aromatic heterocycles. The minimum absolute atomic E-state index is 0.00769. The van der Waals surface area contributed by atoms with E-state index in [0.717, 1.165) is 44.5 Å². The van der Waals surface area contributed by atoms with Crippen molar-refractivity contribution in [2.45, 2.75) is 57.6 Å². The summed E-state index contributed by atoms with van der Waals surface area (Å²) in [5.74, 6) is -0.296. The van der Waals surface area contributed by atoms with Crippen LogP contribution in [-0.4, -0.2) is 56.7 Å². The maximum absolute atomic E-state index is 13.1. The van der Waals surface area contributed by atoms with Gasteiger partial charge in [0.25, 0.3) is 5.91 Å². The number of aromatic nitrogens is 2. The Hall–Kier alpha value is -5.29. The van der Waals surface area contributed by atoms with Crippen molar-refractivity contribution in [2.75, 3.05) is 13.6 Å². The standard InChI is InChI=1S/C45H46N4O5/c1-29-41(27-49(3)30(2)42(51)33-11-5-4-6-12-33)53-45(54-43(29)34-19-17-31(28-50)18-20-34)35-23-21-32(22-24-35)37-14-8-7-13-36(37)25-47-44(52)40-26-46-38-15-9-10-16-39(38)48-40/h4-24,26,29-30,41-43,45,50-51H,25,27-28H2,1-3H3,(H,47,52)/t29-,30+,41+,42+,43+,45+/m1/s1. The fourth-order valence-corrected chi connectivity index (χ4v) is 7.06. The number of benzene rings is 5. The van der Waals surface area contributed by atoms with Crippen molar-refractivity contribution in [3.05, 3.63) is 167 Å². The van der Waals surface area contributed by atoms with Crippen molar-refractivity contribution in [3.63, 3.8) is 0 Å². The summed E-state index contributed by atoms with van der Waals surface area (Å²) in [7, 11) is 2.02. The number of carbonyl (C=O) groups excluding carboxylic acids is 1. The molecule has 0 saturated carbocycles. The van der Waals surface area contributed by atoms with Crippen LogP contribution in [0.1, 0.15) is 70.7 Å². The number of likely N-dealkylation sites (N-methyl/N-ethyl adjacent to an activating group) is 1. The maximum Gasteiger partial charge on any atom is 0.271 e. The zero-order valence-electron chi connectivity index (χ0n) is 30.7. The molecule has 3 N–H and O–H groups in total. The molecule has 7 rings (SSSR count). The second-order valence-electron chi connectivity index (χ2n) is 14.1. The third kappa shape index (κ3) is 8.26. The number of hydrogen-bond acceptors (Lipinski definition) is 8. The van der Waals surface area contributed by atoms with Gasteiger partial charge >= 0.3 is 0 Å². The molecule has 0 unspecified atom stereocenters. The lowest BCUT2D eigenvalue weighted by atomic mass is 9.89. The summed E-state index contributed by atoms with van der Waals surface area (Å²) in [5, 5.41) is 23.9. The first kappa shape index (κ1) is 37.0. The van der Waals surface area contributed by atoms with Crippen LogP contribution < -0.4 is 5.32 Å². The molecule has 1 fully saturated rings. The van der Waals surface area contributed by atoms with Gasteiger partial charge in [-0.25, -0.2) is 4.98 Å². The molecule has 54 heavy (non-hydrogen) atoms. The SMILES string of the molecule is C[C@@H]1[C@H](CN(C)[C@@H](C)[C@H](O)c2ccccc2)O[C@H](c2ccc(-c3ccccc3CNC(=O)c3cnc4ccccc4n3)cc2)O[C@@H]1c1ccc(CO)cc1. The minimum atomic E-state index is -0.653. The molecule has 9 nitrogen and oxygen atoms in total. The average molecular weight is 723 g/mol. The fourth-order valence-electron chi connectivity index (χ4n) is 7.06. The Morgan fingerprint density at radius 1 is 0.833 bits per heavy atom. The summed E-state index contributed by atoms with van der Waals surface area (Å²) < 4.78 is 13.5. The predicted octanol–water partition coefficient (Wildman–Crippen LogP) is 7.56. The third-order valence-electron chi connectivity index (χ3n) is 10.5. The van der Waals surface area contributed by atoms with Gasteiger partial charge in [0.1, 0.15) is 5.69 Å². The van der Waals surface area contributed by atoms with Gasteiger partial charge in [-0.3, -0.25) is 14.7 Å². The largest absolute Gasteiger partial charge is 0.392 e. The Labute approximate surface area is 316 Å². The number of nitrogens with zero attached hydrogens (tertiary/aromatic N) is 3. The van der Waals surface area contributed by atoms with Gasteiger partial charge in [-0.05, 0) is 59.5 Å². The lowest BCUT2D eigenvalue weighted by Crippen LogP contribution is -2.46. The lowest BCUT2D eigenvalue weighted by Gasteiger charge is -2.43. The number of amides is 1. The van der Waals surface area contributed by atoms with Gasteiger partial charge in [0.2, 0.25) is 0 Å². The van der Waals surface area contributed by atoms with Crippen LogP contribution >= 0.6 is 0 Å².